The molecule has 3 nitrogen and oxygen atoms in total. The second-order valence-electron chi connectivity index (χ2n) is 6.44. The third kappa shape index (κ3) is 3.72. The lowest BCUT2D eigenvalue weighted by Crippen LogP contribution is -2.33. The van der Waals surface area contributed by atoms with Gasteiger partial charge in [0.25, 0.3) is 5.91 Å². The summed E-state index contributed by atoms with van der Waals surface area (Å²) in [5, 5.41) is 5.21. The van der Waals surface area contributed by atoms with Crippen LogP contribution in [0.15, 0.2) is 60.7 Å². The van der Waals surface area contributed by atoms with Crippen molar-refractivity contribution in [1.29, 1.82) is 0 Å². The van der Waals surface area contributed by atoms with E-state index in [0.717, 1.165) is 39.8 Å². The molecule has 0 heterocycles. The molecule has 1 N–H and O–H groups in total. The van der Waals surface area contributed by atoms with Gasteiger partial charge in [0.1, 0.15) is 5.75 Å². The summed E-state index contributed by atoms with van der Waals surface area (Å²) in [6.07, 6.45) is 0.936. The SMILES string of the molecule is CCc1cccc(C)c1NC(=O)C(CC)Oc1cccc2ccccc12. The smallest absolute Gasteiger partial charge is 0.265 e. The standard InChI is InChI=1S/C23H25NO2/c1-4-17-12-8-10-16(3)22(17)24-23(25)20(5-2)26-21-15-9-13-18-11-6-7-14-19(18)21/h6-15,20H,4-5H2,1-3H3,(H,24,25). The number of anilines is 1. The van der Waals surface area contributed by atoms with Crippen molar-refractivity contribution in [3.05, 3.63) is 71.8 Å². The molecule has 134 valence electrons. The summed E-state index contributed by atoms with van der Waals surface area (Å²) in [5.74, 6) is 0.634. The molecule has 3 heteroatoms. The Morgan fingerprint density at radius 1 is 1.00 bits per heavy atom. The second kappa shape index (κ2) is 8.05. The van der Waals surface area contributed by atoms with E-state index in [-0.39, 0.29) is 5.91 Å². The number of benzene rings is 3. The molecule has 1 amide bonds. The van der Waals surface area contributed by atoms with E-state index >= 15 is 0 Å². The molecular formula is C23H25NO2. The zero-order valence-corrected chi connectivity index (χ0v) is 15.6. The van der Waals surface area contributed by atoms with Gasteiger partial charge in [-0.15, -0.1) is 0 Å². The lowest BCUT2D eigenvalue weighted by molar-refractivity contribution is -0.122. The Balaban J connectivity index is 1.84. The van der Waals surface area contributed by atoms with Gasteiger partial charge in [-0.25, -0.2) is 0 Å². The van der Waals surface area contributed by atoms with Gasteiger partial charge in [-0.1, -0.05) is 68.4 Å². The van der Waals surface area contributed by atoms with E-state index in [1.165, 1.54) is 0 Å². The molecule has 3 aromatic rings. The molecule has 0 bridgehead atoms. The minimum absolute atomic E-state index is 0.107. The number of aryl methyl sites for hydroxylation is 2. The molecule has 0 saturated heterocycles. The van der Waals surface area contributed by atoms with E-state index in [0.29, 0.717) is 6.42 Å². The van der Waals surface area contributed by atoms with Crippen LogP contribution in [0.25, 0.3) is 10.8 Å². The predicted molar refractivity (Wildman–Crippen MR) is 108 cm³/mol. The van der Waals surface area contributed by atoms with E-state index in [2.05, 4.69) is 18.3 Å². The van der Waals surface area contributed by atoms with Gasteiger partial charge in [-0.3, -0.25) is 4.79 Å². The molecule has 1 atom stereocenters. The Kier molecular flexibility index (Phi) is 5.57. The Labute approximate surface area is 155 Å². The number of rotatable bonds is 6. The van der Waals surface area contributed by atoms with Crippen molar-refractivity contribution in [1.82, 2.24) is 0 Å². The zero-order chi connectivity index (χ0) is 18.5. The van der Waals surface area contributed by atoms with Crippen LogP contribution in [0, 0.1) is 6.92 Å². The summed E-state index contributed by atoms with van der Waals surface area (Å²) in [7, 11) is 0. The van der Waals surface area contributed by atoms with Crippen molar-refractivity contribution in [3.63, 3.8) is 0 Å². The van der Waals surface area contributed by atoms with Crippen LogP contribution in [0.3, 0.4) is 0 Å². The van der Waals surface area contributed by atoms with Crippen LogP contribution < -0.4 is 10.1 Å². The number of carbonyl (C=O) groups excluding carboxylic acids is 1. The van der Waals surface area contributed by atoms with Crippen molar-refractivity contribution < 1.29 is 9.53 Å². The van der Waals surface area contributed by atoms with Crippen LogP contribution in [0.4, 0.5) is 5.69 Å². The van der Waals surface area contributed by atoms with E-state index in [1.807, 2.05) is 68.4 Å². The van der Waals surface area contributed by atoms with Gasteiger partial charge >= 0.3 is 0 Å². The number of fused-ring (bicyclic) bond motifs is 1. The topological polar surface area (TPSA) is 38.3 Å². The summed E-state index contributed by atoms with van der Waals surface area (Å²) in [6.45, 7) is 6.07. The number of para-hydroxylation sites is 1. The van der Waals surface area contributed by atoms with Gasteiger partial charge < -0.3 is 10.1 Å². The van der Waals surface area contributed by atoms with E-state index < -0.39 is 6.10 Å². The molecule has 0 fully saturated rings. The van der Waals surface area contributed by atoms with Gasteiger partial charge in [0.05, 0.1) is 0 Å². The molecule has 0 aromatic heterocycles. The average Bonchev–Trinajstić information content (AvgIpc) is 2.67. The third-order valence-electron chi connectivity index (χ3n) is 4.67. The van der Waals surface area contributed by atoms with Crippen LogP contribution in [0.2, 0.25) is 0 Å². The molecule has 0 aliphatic heterocycles. The maximum absolute atomic E-state index is 12.9. The van der Waals surface area contributed by atoms with Gasteiger partial charge in [0.15, 0.2) is 6.10 Å². The van der Waals surface area contributed by atoms with Gasteiger partial charge in [-0.05, 0) is 42.3 Å². The van der Waals surface area contributed by atoms with E-state index in [1.54, 1.807) is 0 Å². The molecule has 0 radical (unpaired) electrons. The molecule has 26 heavy (non-hydrogen) atoms. The molecule has 0 aliphatic rings. The highest BCUT2D eigenvalue weighted by Gasteiger charge is 2.21. The molecule has 3 aromatic carbocycles. The fraction of sp³-hybridized carbons (Fsp3) is 0.261. The van der Waals surface area contributed by atoms with Crippen LogP contribution in [-0.2, 0) is 11.2 Å². The van der Waals surface area contributed by atoms with Crippen LogP contribution in [0.5, 0.6) is 5.75 Å². The van der Waals surface area contributed by atoms with Crippen LogP contribution in [-0.4, -0.2) is 12.0 Å². The second-order valence-corrected chi connectivity index (χ2v) is 6.44. The quantitative estimate of drug-likeness (QED) is 0.639. The van der Waals surface area contributed by atoms with Crippen molar-refractivity contribution in [3.8, 4) is 5.75 Å². The number of amides is 1. The first-order valence-electron chi connectivity index (χ1n) is 9.17. The van der Waals surface area contributed by atoms with E-state index in [9.17, 15) is 4.79 Å². The predicted octanol–water partition coefficient (Wildman–Crippen LogP) is 5.51. The first-order chi connectivity index (χ1) is 12.6. The summed E-state index contributed by atoms with van der Waals surface area (Å²) >= 11 is 0. The summed E-state index contributed by atoms with van der Waals surface area (Å²) < 4.78 is 6.11. The lowest BCUT2D eigenvalue weighted by Gasteiger charge is -2.20. The van der Waals surface area contributed by atoms with E-state index in [4.69, 9.17) is 4.74 Å². The largest absolute Gasteiger partial charge is 0.480 e. The van der Waals surface area contributed by atoms with Crippen LogP contribution in [0.1, 0.15) is 31.4 Å². The summed E-state index contributed by atoms with van der Waals surface area (Å²) in [5.41, 5.74) is 3.11. The number of carbonyl (C=O) groups is 1. The first-order valence-corrected chi connectivity index (χ1v) is 9.17. The van der Waals surface area contributed by atoms with Gasteiger partial charge in [0.2, 0.25) is 0 Å². The molecule has 0 saturated carbocycles. The highest BCUT2D eigenvalue weighted by Crippen LogP contribution is 2.27. The summed E-state index contributed by atoms with van der Waals surface area (Å²) in [4.78, 5) is 12.9. The number of hydrogen-bond acceptors (Lipinski definition) is 2. The number of nitrogens with one attached hydrogen (secondary N) is 1. The maximum Gasteiger partial charge on any atom is 0.265 e. The fourth-order valence-electron chi connectivity index (χ4n) is 3.18. The molecule has 1 unspecified atom stereocenters. The summed E-state index contributed by atoms with van der Waals surface area (Å²) in [6, 6.07) is 20.1. The fourth-order valence-corrected chi connectivity index (χ4v) is 3.18. The molecule has 0 aliphatic carbocycles. The zero-order valence-electron chi connectivity index (χ0n) is 15.6. The lowest BCUT2D eigenvalue weighted by atomic mass is 10.1. The Bertz CT molecular complexity index is 912. The minimum Gasteiger partial charge on any atom is -0.480 e. The molecular weight excluding hydrogens is 322 g/mol. The maximum atomic E-state index is 12.9. The van der Waals surface area contributed by atoms with Crippen molar-refractivity contribution in [2.24, 2.45) is 0 Å². The monoisotopic (exact) mass is 347 g/mol. The Morgan fingerprint density at radius 3 is 2.50 bits per heavy atom. The number of hydrogen-bond donors (Lipinski definition) is 1. The van der Waals surface area contributed by atoms with Crippen molar-refractivity contribution >= 4 is 22.4 Å². The average molecular weight is 347 g/mol. The highest BCUT2D eigenvalue weighted by atomic mass is 16.5. The first kappa shape index (κ1) is 18.0. The number of ether oxygens (including phenoxy) is 1. The third-order valence-corrected chi connectivity index (χ3v) is 4.67. The van der Waals surface area contributed by atoms with Crippen LogP contribution >= 0.6 is 0 Å². The highest BCUT2D eigenvalue weighted by molar-refractivity contribution is 5.96. The van der Waals surface area contributed by atoms with Crippen molar-refractivity contribution in [2.45, 2.75) is 39.7 Å². The minimum atomic E-state index is -0.537. The van der Waals surface area contributed by atoms with Gasteiger partial charge in [0, 0.05) is 11.1 Å². The molecule has 0 spiro atoms. The Morgan fingerprint density at radius 2 is 1.73 bits per heavy atom. The van der Waals surface area contributed by atoms with Crippen molar-refractivity contribution in [2.75, 3.05) is 5.32 Å². The molecule has 3 rings (SSSR count). The van der Waals surface area contributed by atoms with Gasteiger partial charge in [-0.2, -0.15) is 0 Å². The normalized spacial score (nSPS) is 12.0. The Hall–Kier alpha value is -2.81.